The molecule has 1 heterocycles. The Hall–Kier alpha value is -0.750. The number of carbonyl (C=O) groups is 2. The molecule has 6 heteroatoms. The number of primary amides is 1. The summed E-state index contributed by atoms with van der Waals surface area (Å²) in [5.41, 5.74) is 4.02. The van der Waals surface area contributed by atoms with E-state index in [-0.39, 0.29) is 6.54 Å². The van der Waals surface area contributed by atoms with Crippen molar-refractivity contribution in [2.45, 2.75) is 18.4 Å². The fourth-order valence-corrected chi connectivity index (χ4v) is 2.63. The molecule has 1 fully saturated rings. The first-order valence-corrected chi connectivity index (χ1v) is 5.57. The molecule has 0 bridgehead atoms. The van der Waals surface area contributed by atoms with Gasteiger partial charge >= 0.3 is 5.97 Å². The van der Waals surface area contributed by atoms with Crippen molar-refractivity contribution < 1.29 is 14.7 Å². The van der Waals surface area contributed by atoms with Crippen LogP contribution in [0.4, 0.5) is 0 Å². The van der Waals surface area contributed by atoms with Crippen LogP contribution in [0, 0.1) is 0 Å². The van der Waals surface area contributed by atoms with Crippen molar-refractivity contribution in [2.24, 2.45) is 5.73 Å². The van der Waals surface area contributed by atoms with Crippen LogP contribution in [-0.4, -0.2) is 40.6 Å². The molecule has 0 aromatic rings. The smallest absolute Gasteiger partial charge is 0.323 e. The Balaban J connectivity index is 2.60. The molecule has 1 aliphatic rings. The molecular weight excluding hydrogens is 204 g/mol. The summed E-state index contributed by atoms with van der Waals surface area (Å²) >= 11 is 1.73. The third kappa shape index (κ3) is 2.62. The molecule has 0 spiro atoms. The van der Waals surface area contributed by atoms with Crippen LogP contribution >= 0.6 is 11.8 Å². The Morgan fingerprint density at radius 1 is 1.43 bits per heavy atom. The first kappa shape index (κ1) is 11.3. The highest BCUT2D eigenvalue weighted by Crippen LogP contribution is 2.27. The van der Waals surface area contributed by atoms with E-state index in [2.05, 4.69) is 5.32 Å². The Kier molecular flexibility index (Phi) is 3.77. The summed E-state index contributed by atoms with van der Waals surface area (Å²) < 4.78 is 0. The lowest BCUT2D eigenvalue weighted by Crippen LogP contribution is -2.56. The lowest BCUT2D eigenvalue weighted by atomic mass is 9.92. The number of carboxylic acid groups (broad SMARTS) is 1. The lowest BCUT2D eigenvalue weighted by molar-refractivity contribution is -0.145. The first-order valence-electron chi connectivity index (χ1n) is 4.41. The standard InChI is InChI=1S/C8H14N2O3S/c9-6(11)5-10-8(7(12)13)1-3-14-4-2-8/h10H,1-5H2,(H2,9,11)(H,12,13). The first-order chi connectivity index (χ1) is 6.57. The quantitative estimate of drug-likeness (QED) is 0.586. The molecule has 1 aliphatic heterocycles. The van der Waals surface area contributed by atoms with Gasteiger partial charge in [0.1, 0.15) is 5.54 Å². The molecule has 0 aliphatic carbocycles. The van der Waals surface area contributed by atoms with Gasteiger partial charge < -0.3 is 10.8 Å². The minimum absolute atomic E-state index is 0.0725. The fraction of sp³-hybridized carbons (Fsp3) is 0.750. The van der Waals surface area contributed by atoms with Crippen molar-refractivity contribution in [3.63, 3.8) is 0 Å². The number of rotatable bonds is 4. The van der Waals surface area contributed by atoms with Crippen LogP contribution in [0.2, 0.25) is 0 Å². The molecule has 80 valence electrons. The number of amides is 1. The maximum absolute atomic E-state index is 11.1. The van der Waals surface area contributed by atoms with Gasteiger partial charge in [0, 0.05) is 0 Å². The predicted molar refractivity (Wildman–Crippen MR) is 54.1 cm³/mol. The van der Waals surface area contributed by atoms with Gasteiger partial charge in [-0.25, -0.2) is 0 Å². The Morgan fingerprint density at radius 3 is 2.43 bits per heavy atom. The zero-order valence-corrected chi connectivity index (χ0v) is 8.60. The van der Waals surface area contributed by atoms with Crippen LogP contribution in [0.3, 0.4) is 0 Å². The summed E-state index contributed by atoms with van der Waals surface area (Å²) in [4.78, 5) is 21.6. The maximum atomic E-state index is 11.1. The van der Waals surface area contributed by atoms with Gasteiger partial charge in [0.2, 0.25) is 5.91 Å². The van der Waals surface area contributed by atoms with Crippen LogP contribution < -0.4 is 11.1 Å². The summed E-state index contributed by atoms with van der Waals surface area (Å²) in [5, 5.41) is 11.8. The number of thioether (sulfide) groups is 1. The highest BCUT2D eigenvalue weighted by molar-refractivity contribution is 7.99. The second-order valence-corrected chi connectivity index (χ2v) is 4.54. The number of hydrogen-bond acceptors (Lipinski definition) is 4. The average Bonchev–Trinajstić information content (AvgIpc) is 2.16. The van der Waals surface area contributed by atoms with Gasteiger partial charge in [-0.15, -0.1) is 0 Å². The van der Waals surface area contributed by atoms with Crippen molar-refractivity contribution in [3.05, 3.63) is 0 Å². The van der Waals surface area contributed by atoms with Crippen molar-refractivity contribution in [1.29, 1.82) is 0 Å². The predicted octanol–water partition coefficient (Wildman–Crippen LogP) is -0.588. The van der Waals surface area contributed by atoms with Crippen LogP contribution in [0.1, 0.15) is 12.8 Å². The van der Waals surface area contributed by atoms with Gasteiger partial charge in [-0.05, 0) is 24.3 Å². The van der Waals surface area contributed by atoms with Gasteiger partial charge in [-0.3, -0.25) is 14.9 Å². The number of nitrogens with one attached hydrogen (secondary N) is 1. The third-order valence-corrected chi connectivity index (χ3v) is 3.34. The molecule has 14 heavy (non-hydrogen) atoms. The normalized spacial score (nSPS) is 20.3. The van der Waals surface area contributed by atoms with E-state index in [1.165, 1.54) is 0 Å². The molecule has 1 rings (SSSR count). The fourth-order valence-electron chi connectivity index (χ4n) is 1.44. The number of aliphatic carboxylic acids is 1. The Morgan fingerprint density at radius 2 is 2.00 bits per heavy atom. The molecule has 0 aromatic carbocycles. The van der Waals surface area contributed by atoms with Crippen molar-refractivity contribution >= 4 is 23.6 Å². The topological polar surface area (TPSA) is 92.4 Å². The average molecular weight is 218 g/mol. The van der Waals surface area contributed by atoms with Crippen molar-refractivity contribution in [1.82, 2.24) is 5.32 Å². The second-order valence-electron chi connectivity index (χ2n) is 3.32. The van der Waals surface area contributed by atoms with Crippen LogP contribution in [0.25, 0.3) is 0 Å². The van der Waals surface area contributed by atoms with Crippen molar-refractivity contribution in [2.75, 3.05) is 18.1 Å². The lowest BCUT2D eigenvalue weighted by Gasteiger charge is -2.33. The molecule has 0 unspecified atom stereocenters. The van der Waals surface area contributed by atoms with Gasteiger partial charge in [-0.2, -0.15) is 11.8 Å². The number of carbonyl (C=O) groups excluding carboxylic acids is 1. The molecule has 4 N–H and O–H groups in total. The van der Waals surface area contributed by atoms with E-state index >= 15 is 0 Å². The van der Waals surface area contributed by atoms with Gasteiger partial charge in [0.25, 0.3) is 0 Å². The highest BCUT2D eigenvalue weighted by Gasteiger charge is 2.39. The summed E-state index contributed by atoms with van der Waals surface area (Å²) in [5.74, 6) is 0.193. The van der Waals surface area contributed by atoms with Crippen LogP contribution in [0.5, 0.6) is 0 Å². The third-order valence-electron chi connectivity index (χ3n) is 2.36. The van der Waals surface area contributed by atoms with E-state index in [0.29, 0.717) is 12.8 Å². The largest absolute Gasteiger partial charge is 0.480 e. The molecule has 0 atom stereocenters. The van der Waals surface area contributed by atoms with E-state index in [1.807, 2.05) is 0 Å². The number of hydrogen-bond donors (Lipinski definition) is 3. The number of carboxylic acids is 1. The Labute approximate surface area is 86.4 Å². The molecular formula is C8H14N2O3S. The second kappa shape index (κ2) is 4.65. The van der Waals surface area contributed by atoms with Crippen LogP contribution in [-0.2, 0) is 9.59 Å². The van der Waals surface area contributed by atoms with Gasteiger partial charge in [0.05, 0.1) is 6.54 Å². The zero-order valence-electron chi connectivity index (χ0n) is 7.78. The summed E-state index contributed by atoms with van der Waals surface area (Å²) in [6.45, 7) is -0.0725. The zero-order chi connectivity index (χ0) is 10.6. The SMILES string of the molecule is NC(=O)CNC1(C(=O)O)CCSCC1. The molecule has 0 saturated carbocycles. The Bertz CT molecular complexity index is 239. The van der Waals surface area contributed by atoms with E-state index in [4.69, 9.17) is 10.8 Å². The van der Waals surface area contributed by atoms with Gasteiger partial charge in [0.15, 0.2) is 0 Å². The minimum atomic E-state index is -0.944. The monoisotopic (exact) mass is 218 g/mol. The maximum Gasteiger partial charge on any atom is 0.323 e. The summed E-state index contributed by atoms with van der Waals surface area (Å²) in [6, 6.07) is 0. The molecule has 1 amide bonds. The van der Waals surface area contributed by atoms with Crippen molar-refractivity contribution in [3.8, 4) is 0 Å². The van der Waals surface area contributed by atoms with E-state index in [1.54, 1.807) is 11.8 Å². The van der Waals surface area contributed by atoms with E-state index in [0.717, 1.165) is 11.5 Å². The van der Waals surface area contributed by atoms with E-state index < -0.39 is 17.4 Å². The molecule has 1 saturated heterocycles. The molecule has 0 aromatic heterocycles. The summed E-state index contributed by atoms with van der Waals surface area (Å²) in [7, 11) is 0. The number of nitrogens with two attached hydrogens (primary N) is 1. The summed E-state index contributed by atoms with van der Waals surface area (Å²) in [6.07, 6.45) is 1.08. The van der Waals surface area contributed by atoms with E-state index in [9.17, 15) is 9.59 Å². The van der Waals surface area contributed by atoms with Crippen LogP contribution in [0.15, 0.2) is 0 Å². The van der Waals surface area contributed by atoms with Gasteiger partial charge in [-0.1, -0.05) is 0 Å². The minimum Gasteiger partial charge on any atom is -0.480 e. The molecule has 0 radical (unpaired) electrons. The molecule has 5 nitrogen and oxygen atoms in total. The highest BCUT2D eigenvalue weighted by atomic mass is 32.2.